The summed E-state index contributed by atoms with van der Waals surface area (Å²) in [5.41, 5.74) is 1.90. The molecular formula is C21H34O2. The lowest BCUT2D eigenvalue weighted by atomic mass is 9.44. The molecule has 0 amide bonds. The van der Waals surface area contributed by atoms with Gasteiger partial charge in [0, 0.05) is 5.41 Å². The van der Waals surface area contributed by atoms with Crippen LogP contribution in [-0.2, 0) is 0 Å². The summed E-state index contributed by atoms with van der Waals surface area (Å²) in [6.07, 6.45) is 11.2. The number of rotatable bonds is 0. The van der Waals surface area contributed by atoms with E-state index in [0.29, 0.717) is 23.2 Å². The van der Waals surface area contributed by atoms with Gasteiger partial charge < -0.3 is 10.2 Å². The Morgan fingerprint density at radius 3 is 2.52 bits per heavy atom. The Hall–Kier alpha value is -0.340. The second-order valence-corrected chi connectivity index (χ2v) is 9.47. The topological polar surface area (TPSA) is 40.5 Å². The lowest BCUT2D eigenvalue weighted by Crippen LogP contribution is -2.57. The van der Waals surface area contributed by atoms with E-state index in [-0.39, 0.29) is 17.6 Å². The third-order valence-corrected chi connectivity index (χ3v) is 8.94. The van der Waals surface area contributed by atoms with Gasteiger partial charge in [-0.1, -0.05) is 25.5 Å². The summed E-state index contributed by atoms with van der Waals surface area (Å²) in [4.78, 5) is 0. The second kappa shape index (κ2) is 5.33. The Morgan fingerprint density at radius 1 is 1.00 bits per heavy atom. The molecule has 0 spiro atoms. The summed E-state index contributed by atoms with van der Waals surface area (Å²) < 4.78 is 0. The molecule has 4 rings (SSSR count). The molecular weight excluding hydrogens is 284 g/mol. The Bertz CT molecular complexity index is 512. The van der Waals surface area contributed by atoms with Crippen molar-refractivity contribution in [2.24, 2.45) is 34.5 Å². The minimum Gasteiger partial charge on any atom is -0.393 e. The van der Waals surface area contributed by atoms with Crippen molar-refractivity contribution in [3.05, 3.63) is 11.6 Å². The summed E-state index contributed by atoms with van der Waals surface area (Å²) in [6.45, 7) is 6.99. The van der Waals surface area contributed by atoms with Crippen LogP contribution in [0, 0.1) is 34.5 Å². The van der Waals surface area contributed by atoms with E-state index in [4.69, 9.17) is 0 Å². The molecule has 4 saturated carbocycles. The third-order valence-electron chi connectivity index (χ3n) is 8.94. The molecule has 2 N–H and O–H groups in total. The maximum atomic E-state index is 11.1. The zero-order valence-corrected chi connectivity index (χ0v) is 15.1. The minimum atomic E-state index is -0.176. The average Bonchev–Trinajstić information content (AvgIpc) is 2.87. The molecule has 0 heterocycles. The Labute approximate surface area is 141 Å². The van der Waals surface area contributed by atoms with Crippen LogP contribution >= 0.6 is 0 Å². The van der Waals surface area contributed by atoms with Gasteiger partial charge in [-0.25, -0.2) is 0 Å². The summed E-state index contributed by atoms with van der Waals surface area (Å²) in [7, 11) is 0. The highest BCUT2D eigenvalue weighted by molar-refractivity contribution is 5.26. The number of hydrogen-bond donors (Lipinski definition) is 2. The number of aliphatic hydroxyl groups is 2. The SMILES string of the molecule is C/C=C1\CCC2C3CC[C@@H]4C[C@H](O)CC[C@]4(C)C3C[C@H](O)[C@]12C. The van der Waals surface area contributed by atoms with Gasteiger partial charge in [0.25, 0.3) is 0 Å². The summed E-state index contributed by atoms with van der Waals surface area (Å²) in [5, 5.41) is 21.3. The molecule has 4 fully saturated rings. The van der Waals surface area contributed by atoms with Crippen molar-refractivity contribution >= 4 is 0 Å². The van der Waals surface area contributed by atoms with Crippen molar-refractivity contribution in [3.8, 4) is 0 Å². The fourth-order valence-electron chi connectivity index (χ4n) is 7.52. The van der Waals surface area contributed by atoms with Crippen LogP contribution in [0.4, 0.5) is 0 Å². The molecule has 0 saturated heterocycles. The van der Waals surface area contributed by atoms with Gasteiger partial charge in [-0.3, -0.25) is 0 Å². The molecule has 4 aliphatic rings. The number of hydrogen-bond acceptors (Lipinski definition) is 2. The zero-order valence-electron chi connectivity index (χ0n) is 15.1. The van der Waals surface area contributed by atoms with Crippen LogP contribution in [0.3, 0.4) is 0 Å². The molecule has 0 aromatic heterocycles. The van der Waals surface area contributed by atoms with Crippen LogP contribution in [0.1, 0.15) is 72.1 Å². The standard InChI is InChI=1S/C21H34O2/c1-4-13-6-8-17-16-7-5-14-11-15(22)9-10-20(14,2)18(16)12-19(23)21(13,17)3/h4,14-19,22-23H,5-12H2,1-3H3/b13-4+/t14-,15-,16?,17?,18?,19+,20+,21-/m1/s1. The minimum absolute atomic E-state index is 0.0350. The van der Waals surface area contributed by atoms with E-state index in [1.165, 1.54) is 31.3 Å². The summed E-state index contributed by atoms with van der Waals surface area (Å²) in [6, 6.07) is 0. The lowest BCUT2D eigenvalue weighted by molar-refractivity contribution is -0.153. The van der Waals surface area contributed by atoms with Crippen LogP contribution in [0.15, 0.2) is 11.6 Å². The number of allylic oxidation sites excluding steroid dienone is 1. The van der Waals surface area contributed by atoms with Gasteiger partial charge in [0.1, 0.15) is 0 Å². The predicted octanol–water partition coefficient (Wildman–Crippen LogP) is 4.31. The lowest BCUT2D eigenvalue weighted by Gasteiger charge is -2.61. The van der Waals surface area contributed by atoms with Gasteiger partial charge in [0.05, 0.1) is 12.2 Å². The van der Waals surface area contributed by atoms with Gasteiger partial charge >= 0.3 is 0 Å². The number of aliphatic hydroxyl groups excluding tert-OH is 2. The fraction of sp³-hybridized carbons (Fsp3) is 0.905. The molecule has 0 aliphatic heterocycles. The van der Waals surface area contributed by atoms with Gasteiger partial charge in [-0.2, -0.15) is 0 Å². The predicted molar refractivity (Wildman–Crippen MR) is 92.9 cm³/mol. The van der Waals surface area contributed by atoms with E-state index in [1.54, 1.807) is 0 Å². The molecule has 0 aromatic carbocycles. The number of fused-ring (bicyclic) bond motifs is 5. The first-order valence-electron chi connectivity index (χ1n) is 9.93. The van der Waals surface area contributed by atoms with Crippen LogP contribution in [0.2, 0.25) is 0 Å². The van der Waals surface area contributed by atoms with E-state index in [1.807, 2.05) is 0 Å². The highest BCUT2D eigenvalue weighted by Crippen LogP contribution is 2.67. The first-order chi connectivity index (χ1) is 10.9. The molecule has 3 unspecified atom stereocenters. The Balaban J connectivity index is 1.68. The summed E-state index contributed by atoms with van der Waals surface area (Å²) >= 11 is 0. The molecule has 130 valence electrons. The highest BCUT2D eigenvalue weighted by atomic mass is 16.3. The Morgan fingerprint density at radius 2 is 1.78 bits per heavy atom. The summed E-state index contributed by atoms with van der Waals surface area (Å²) in [5.74, 6) is 2.80. The average molecular weight is 319 g/mol. The van der Waals surface area contributed by atoms with Crippen molar-refractivity contribution in [2.75, 3.05) is 0 Å². The molecule has 0 bridgehead atoms. The second-order valence-electron chi connectivity index (χ2n) is 9.47. The molecule has 23 heavy (non-hydrogen) atoms. The van der Waals surface area contributed by atoms with Crippen molar-refractivity contribution in [1.82, 2.24) is 0 Å². The molecule has 0 radical (unpaired) electrons. The van der Waals surface area contributed by atoms with E-state index in [0.717, 1.165) is 31.6 Å². The van der Waals surface area contributed by atoms with Crippen LogP contribution in [-0.4, -0.2) is 22.4 Å². The first-order valence-corrected chi connectivity index (χ1v) is 9.93. The third kappa shape index (κ3) is 2.07. The molecule has 0 aromatic rings. The maximum absolute atomic E-state index is 11.1. The van der Waals surface area contributed by atoms with Crippen molar-refractivity contribution < 1.29 is 10.2 Å². The highest BCUT2D eigenvalue weighted by Gasteiger charge is 2.61. The first kappa shape index (κ1) is 16.1. The van der Waals surface area contributed by atoms with Gasteiger partial charge in [-0.05, 0) is 87.4 Å². The molecule has 4 aliphatic carbocycles. The smallest absolute Gasteiger partial charge is 0.0636 e. The fourth-order valence-corrected chi connectivity index (χ4v) is 7.52. The van der Waals surface area contributed by atoms with E-state index < -0.39 is 0 Å². The monoisotopic (exact) mass is 318 g/mol. The van der Waals surface area contributed by atoms with Gasteiger partial charge in [0.15, 0.2) is 0 Å². The molecule has 2 heteroatoms. The van der Waals surface area contributed by atoms with E-state index in [9.17, 15) is 10.2 Å². The van der Waals surface area contributed by atoms with Crippen LogP contribution in [0.25, 0.3) is 0 Å². The van der Waals surface area contributed by atoms with Crippen molar-refractivity contribution in [1.29, 1.82) is 0 Å². The normalized spacial score (nSPS) is 57.7. The Kier molecular flexibility index (Phi) is 3.74. The van der Waals surface area contributed by atoms with E-state index >= 15 is 0 Å². The van der Waals surface area contributed by atoms with E-state index in [2.05, 4.69) is 26.8 Å². The zero-order chi connectivity index (χ0) is 16.4. The van der Waals surface area contributed by atoms with Gasteiger partial charge in [-0.15, -0.1) is 0 Å². The van der Waals surface area contributed by atoms with Crippen LogP contribution < -0.4 is 0 Å². The largest absolute Gasteiger partial charge is 0.393 e. The molecule has 8 atom stereocenters. The van der Waals surface area contributed by atoms with Crippen LogP contribution in [0.5, 0.6) is 0 Å². The van der Waals surface area contributed by atoms with Crippen molar-refractivity contribution in [3.63, 3.8) is 0 Å². The molecule has 2 nitrogen and oxygen atoms in total. The quantitative estimate of drug-likeness (QED) is 0.654. The maximum Gasteiger partial charge on any atom is 0.0636 e. The van der Waals surface area contributed by atoms with Crippen molar-refractivity contribution in [2.45, 2.75) is 84.3 Å². The van der Waals surface area contributed by atoms with Gasteiger partial charge in [0.2, 0.25) is 0 Å².